The highest BCUT2D eigenvalue weighted by molar-refractivity contribution is 6.94. The average molecular weight is 721 g/mol. The minimum Gasteiger partial charge on any atom is -0.437 e. The van der Waals surface area contributed by atoms with Gasteiger partial charge in [-0.2, -0.15) is 0 Å². The molecule has 0 fully saturated rings. The number of aromatic nitrogens is 2. The van der Waals surface area contributed by atoms with Gasteiger partial charge in [-0.25, -0.2) is 4.98 Å². The zero-order valence-electron chi connectivity index (χ0n) is 31.6. The summed E-state index contributed by atoms with van der Waals surface area (Å²) in [5, 5.41) is 2.81. The quantitative estimate of drug-likeness (QED) is 0.131. The Bertz CT molecular complexity index is 1770. The molecule has 0 aliphatic rings. The van der Waals surface area contributed by atoms with Gasteiger partial charge >= 0.3 is 8.56 Å². The number of benzene rings is 4. The summed E-state index contributed by atoms with van der Waals surface area (Å²) in [7, 11) is -8.16. The van der Waals surface area contributed by atoms with E-state index in [2.05, 4.69) is 181 Å². The van der Waals surface area contributed by atoms with Crippen LogP contribution >= 0.6 is 0 Å². The van der Waals surface area contributed by atoms with Gasteiger partial charge in [-0.05, 0) is 61.5 Å². The lowest BCUT2D eigenvalue weighted by atomic mass is 9.87. The molecular weight excluding hydrogens is 665 g/mol. The lowest BCUT2D eigenvalue weighted by molar-refractivity contribution is 0.395. The highest BCUT2D eigenvalue weighted by Crippen LogP contribution is 2.33. The third-order valence-electron chi connectivity index (χ3n) is 9.57. The molecule has 1 aromatic heterocycles. The van der Waals surface area contributed by atoms with E-state index in [0.29, 0.717) is 0 Å². The molecule has 0 aliphatic heterocycles. The van der Waals surface area contributed by atoms with Crippen LogP contribution in [0, 0.1) is 0 Å². The Balaban J connectivity index is 1.26. The first-order valence-corrected chi connectivity index (χ1v) is 29.7. The Hall–Kier alpha value is -3.12. The van der Waals surface area contributed by atoms with Crippen molar-refractivity contribution in [1.82, 2.24) is 9.97 Å². The topological polar surface area (TPSA) is 47.1 Å². The maximum Gasteiger partial charge on any atom is 0.311 e. The van der Waals surface area contributed by atoms with Gasteiger partial charge in [0.1, 0.15) is 5.82 Å². The molecule has 4 nitrogen and oxygen atoms in total. The van der Waals surface area contributed by atoms with Crippen molar-refractivity contribution in [2.75, 3.05) is 0 Å². The molecule has 0 bridgehead atoms. The Morgan fingerprint density at radius 2 is 1.10 bits per heavy atom. The van der Waals surface area contributed by atoms with Gasteiger partial charge in [-0.3, -0.25) is 0 Å². The lowest BCUT2D eigenvalue weighted by Gasteiger charge is -2.39. The van der Waals surface area contributed by atoms with E-state index in [-0.39, 0.29) is 5.41 Å². The van der Waals surface area contributed by atoms with Crippen molar-refractivity contribution in [3.63, 3.8) is 0 Å². The van der Waals surface area contributed by atoms with Crippen LogP contribution in [0.5, 0.6) is 0 Å². The molecule has 8 heteroatoms. The van der Waals surface area contributed by atoms with Crippen molar-refractivity contribution in [2.24, 2.45) is 0 Å². The Labute approximate surface area is 299 Å². The summed E-state index contributed by atoms with van der Waals surface area (Å²) in [4.78, 5) is 8.78. The SMILES string of the molecule is CC(C)(C)c1ccc([Si](C)(C)O[Si](C)(C)O[Si](C)(C)CC[Si](C)(C)c2ccc(-c3nc(-c4ccccc4)c(-c4ccccc4)[nH]3)cc2)cc1. The van der Waals surface area contributed by atoms with E-state index in [1.54, 1.807) is 0 Å². The van der Waals surface area contributed by atoms with Crippen molar-refractivity contribution in [2.45, 2.75) is 90.7 Å². The summed E-state index contributed by atoms with van der Waals surface area (Å²) in [5.74, 6) is 0.898. The van der Waals surface area contributed by atoms with Gasteiger partial charge in [-0.1, -0.05) is 154 Å². The number of hydrogen-bond donors (Lipinski definition) is 1. The molecule has 5 rings (SSSR count). The molecule has 0 unspecified atom stereocenters. The van der Waals surface area contributed by atoms with E-state index in [4.69, 9.17) is 13.2 Å². The largest absolute Gasteiger partial charge is 0.437 e. The van der Waals surface area contributed by atoms with Crippen LogP contribution in [0.4, 0.5) is 0 Å². The van der Waals surface area contributed by atoms with E-state index in [0.717, 1.165) is 39.9 Å². The highest BCUT2D eigenvalue weighted by Gasteiger charge is 2.41. The van der Waals surface area contributed by atoms with Crippen LogP contribution in [0.15, 0.2) is 109 Å². The van der Waals surface area contributed by atoms with Gasteiger partial charge in [-0.15, -0.1) is 0 Å². The molecule has 0 spiro atoms. The smallest absolute Gasteiger partial charge is 0.311 e. The summed E-state index contributed by atoms with van der Waals surface area (Å²) < 4.78 is 14.1. The summed E-state index contributed by atoms with van der Waals surface area (Å²) in [6.07, 6.45) is 0. The van der Waals surface area contributed by atoms with Crippen LogP contribution in [0.25, 0.3) is 33.9 Å². The molecule has 0 radical (unpaired) electrons. The second-order valence-electron chi connectivity index (χ2n) is 16.7. The third kappa shape index (κ3) is 9.36. The summed E-state index contributed by atoms with van der Waals surface area (Å²) in [6, 6.07) is 41.6. The van der Waals surface area contributed by atoms with E-state index in [9.17, 15) is 0 Å². The summed E-state index contributed by atoms with van der Waals surface area (Å²) in [6.45, 7) is 25.7. The van der Waals surface area contributed by atoms with Gasteiger partial charge in [0.25, 0.3) is 0 Å². The summed E-state index contributed by atoms with van der Waals surface area (Å²) >= 11 is 0. The zero-order chi connectivity index (χ0) is 35.7. The van der Waals surface area contributed by atoms with Crippen molar-refractivity contribution >= 4 is 43.6 Å². The molecule has 0 atom stereocenters. The van der Waals surface area contributed by atoms with E-state index < -0.39 is 33.3 Å². The van der Waals surface area contributed by atoms with Crippen molar-refractivity contribution in [1.29, 1.82) is 0 Å². The van der Waals surface area contributed by atoms with Crippen LogP contribution in [0.2, 0.25) is 64.5 Å². The lowest BCUT2D eigenvalue weighted by Crippen LogP contribution is -2.57. The molecule has 0 aliphatic carbocycles. The normalized spacial score (nSPS) is 13.1. The number of aromatic amines is 1. The van der Waals surface area contributed by atoms with E-state index in [1.165, 1.54) is 22.0 Å². The minimum absolute atomic E-state index is 0.148. The van der Waals surface area contributed by atoms with Gasteiger partial charge in [0, 0.05) is 16.7 Å². The van der Waals surface area contributed by atoms with Gasteiger partial charge < -0.3 is 13.2 Å². The fourth-order valence-corrected chi connectivity index (χ4v) is 25.6. The first-order valence-electron chi connectivity index (χ1n) is 17.7. The molecular formula is C41H56N2O2Si4. The van der Waals surface area contributed by atoms with Crippen LogP contribution in [-0.4, -0.2) is 43.2 Å². The molecule has 1 heterocycles. The standard InChI is InChI=1S/C41H56N2O2Si4/c1-41(2,3)35-24-28-37(29-25-35)48(8,9)45-49(10,11)44-47(6,7)31-30-46(4,5)36-26-22-34(23-27-36)40-42-38(32-18-14-12-15-19-32)39(43-40)33-20-16-13-17-21-33/h12-29H,30-31H2,1-11H3,(H,42,43). The van der Waals surface area contributed by atoms with Crippen molar-refractivity contribution < 1.29 is 8.23 Å². The predicted octanol–water partition coefficient (Wildman–Crippen LogP) is 10.7. The first-order chi connectivity index (χ1) is 22.9. The van der Waals surface area contributed by atoms with Crippen LogP contribution in [0.1, 0.15) is 26.3 Å². The second kappa shape index (κ2) is 14.2. The fourth-order valence-electron chi connectivity index (χ4n) is 6.75. The molecule has 5 aromatic rings. The van der Waals surface area contributed by atoms with E-state index in [1.807, 2.05) is 6.07 Å². The molecule has 4 aromatic carbocycles. The number of nitrogens with one attached hydrogen (secondary N) is 1. The third-order valence-corrected chi connectivity index (χ3v) is 24.8. The zero-order valence-corrected chi connectivity index (χ0v) is 35.6. The van der Waals surface area contributed by atoms with Crippen molar-refractivity contribution in [3.8, 4) is 33.9 Å². The number of H-pyrrole nitrogens is 1. The van der Waals surface area contributed by atoms with Gasteiger partial charge in [0.05, 0.1) is 19.5 Å². The first kappa shape index (κ1) is 37.1. The fraction of sp³-hybridized carbons (Fsp3) is 0.341. The minimum atomic E-state index is -2.35. The van der Waals surface area contributed by atoms with Gasteiger partial charge in [0.2, 0.25) is 8.32 Å². The Morgan fingerprint density at radius 1 is 0.571 bits per heavy atom. The maximum atomic E-state index is 7.06. The molecule has 258 valence electrons. The molecule has 0 saturated carbocycles. The highest BCUT2D eigenvalue weighted by atomic mass is 28.5. The van der Waals surface area contributed by atoms with Crippen LogP contribution < -0.4 is 10.4 Å². The van der Waals surface area contributed by atoms with Gasteiger partial charge in [0.15, 0.2) is 8.32 Å². The maximum absolute atomic E-state index is 7.06. The number of rotatable bonds is 12. The Kier molecular flexibility index (Phi) is 10.8. The summed E-state index contributed by atoms with van der Waals surface area (Å²) in [5.41, 5.74) is 6.89. The predicted molar refractivity (Wildman–Crippen MR) is 221 cm³/mol. The van der Waals surface area contributed by atoms with Crippen molar-refractivity contribution in [3.05, 3.63) is 115 Å². The number of hydrogen-bond acceptors (Lipinski definition) is 3. The monoisotopic (exact) mass is 720 g/mol. The van der Waals surface area contributed by atoms with E-state index >= 15 is 0 Å². The molecule has 1 N–H and O–H groups in total. The van der Waals surface area contributed by atoms with Crippen LogP contribution in [-0.2, 0) is 13.6 Å². The molecule has 0 saturated heterocycles. The number of imidazole rings is 1. The molecule has 0 amide bonds. The second-order valence-corrected chi connectivity index (χ2v) is 33.6. The average Bonchev–Trinajstić information content (AvgIpc) is 3.49. The van der Waals surface area contributed by atoms with Crippen LogP contribution in [0.3, 0.4) is 0 Å². The number of nitrogens with zero attached hydrogens (tertiary/aromatic N) is 1. The Morgan fingerprint density at radius 3 is 1.65 bits per heavy atom. The molecule has 49 heavy (non-hydrogen) atoms.